The highest BCUT2D eigenvalue weighted by atomic mass is 16.1. The van der Waals surface area contributed by atoms with Crippen molar-refractivity contribution in [1.29, 1.82) is 0 Å². The van der Waals surface area contributed by atoms with Crippen LogP contribution in [0.1, 0.15) is 42.7 Å². The Morgan fingerprint density at radius 2 is 2.14 bits per heavy atom. The smallest absolute Gasteiger partial charge is 0.225 e. The fourth-order valence-electron chi connectivity index (χ4n) is 2.34. The largest absolute Gasteiger partial charge is 0.346 e. The molecule has 0 aliphatic carbocycles. The highest BCUT2D eigenvalue weighted by molar-refractivity contribution is 5.79. The Morgan fingerprint density at radius 3 is 2.62 bits per heavy atom. The van der Waals surface area contributed by atoms with Crippen molar-refractivity contribution in [3.63, 3.8) is 0 Å². The predicted octanol–water partition coefficient (Wildman–Crippen LogP) is 1.21. The van der Waals surface area contributed by atoms with Gasteiger partial charge in [-0.2, -0.15) is 10.2 Å². The maximum Gasteiger partial charge on any atom is 0.225 e. The van der Waals surface area contributed by atoms with E-state index < -0.39 is 0 Å². The summed E-state index contributed by atoms with van der Waals surface area (Å²) in [7, 11) is 1.83. The molecule has 0 aliphatic rings. The number of nitrogens with one attached hydrogen (secondary N) is 2. The summed E-state index contributed by atoms with van der Waals surface area (Å²) < 4.78 is 1.69. The van der Waals surface area contributed by atoms with Crippen LogP contribution in [0.3, 0.4) is 0 Å². The van der Waals surface area contributed by atoms with Gasteiger partial charge in [0.05, 0.1) is 18.2 Å². The third-order valence-corrected chi connectivity index (χ3v) is 3.63. The summed E-state index contributed by atoms with van der Waals surface area (Å²) in [6.07, 6.45) is 1.82. The molecule has 0 aliphatic heterocycles. The highest BCUT2D eigenvalue weighted by Gasteiger charge is 2.23. The van der Waals surface area contributed by atoms with Gasteiger partial charge in [-0.05, 0) is 19.8 Å². The minimum atomic E-state index is -0.155. The topological polar surface area (TPSA) is 88.5 Å². The molecule has 7 heteroatoms. The molecule has 114 valence electrons. The number of rotatable bonds is 5. The van der Waals surface area contributed by atoms with E-state index in [4.69, 9.17) is 0 Å². The number of hydrogen-bond donors (Lipinski definition) is 2. The summed E-state index contributed by atoms with van der Waals surface area (Å²) in [5.74, 6) is 0.951. The van der Waals surface area contributed by atoms with E-state index in [0.29, 0.717) is 6.42 Å². The molecule has 0 aromatic carbocycles. The van der Waals surface area contributed by atoms with Crippen LogP contribution in [0.15, 0.2) is 6.33 Å². The summed E-state index contributed by atoms with van der Waals surface area (Å²) in [4.78, 5) is 16.6. The molecule has 0 spiro atoms. The first-order valence-electron chi connectivity index (χ1n) is 7.03. The van der Waals surface area contributed by atoms with E-state index in [1.807, 2.05) is 34.7 Å². The average Bonchev–Trinajstić information content (AvgIpc) is 2.96. The lowest BCUT2D eigenvalue weighted by atomic mass is 10.0. The Hall–Kier alpha value is -2.18. The summed E-state index contributed by atoms with van der Waals surface area (Å²) in [5, 5.41) is 14.1. The predicted molar refractivity (Wildman–Crippen MR) is 78.5 cm³/mol. The first-order chi connectivity index (χ1) is 9.90. The number of aromatic nitrogens is 5. The molecular weight excluding hydrogens is 268 g/mol. The molecule has 2 aromatic heterocycles. The van der Waals surface area contributed by atoms with Crippen LogP contribution in [-0.2, 0) is 18.3 Å². The third-order valence-electron chi connectivity index (χ3n) is 3.63. The van der Waals surface area contributed by atoms with Crippen molar-refractivity contribution in [3.05, 3.63) is 29.1 Å². The van der Waals surface area contributed by atoms with E-state index >= 15 is 0 Å². The Balaban J connectivity index is 2.11. The number of carbonyl (C=O) groups excluding carboxylic acids is 1. The number of carbonyl (C=O) groups is 1. The first-order valence-corrected chi connectivity index (χ1v) is 7.03. The third kappa shape index (κ3) is 3.29. The standard InChI is InChI=1S/C14H22N6O/c1-8(2)13(14-15-7-16-20(14)5)17-12(21)6-11-9(3)18-19-10(11)4/h7-8,13H,6H2,1-5H3,(H,17,21)(H,18,19)/t13-/m0/s1. The number of aromatic amines is 1. The van der Waals surface area contributed by atoms with Crippen LogP contribution >= 0.6 is 0 Å². The molecule has 2 rings (SSSR count). The molecular formula is C14H22N6O. The Kier molecular flexibility index (Phi) is 4.40. The average molecular weight is 290 g/mol. The summed E-state index contributed by atoms with van der Waals surface area (Å²) in [6.45, 7) is 7.92. The molecule has 21 heavy (non-hydrogen) atoms. The monoisotopic (exact) mass is 290 g/mol. The number of aryl methyl sites for hydroxylation is 3. The number of amides is 1. The zero-order valence-corrected chi connectivity index (χ0v) is 13.1. The van der Waals surface area contributed by atoms with Crippen molar-refractivity contribution >= 4 is 5.91 Å². The summed E-state index contributed by atoms with van der Waals surface area (Å²) in [6, 6.07) is -0.155. The Labute approximate surface area is 124 Å². The molecule has 0 bridgehead atoms. The summed E-state index contributed by atoms with van der Waals surface area (Å²) >= 11 is 0. The van der Waals surface area contributed by atoms with Crippen LogP contribution in [0.4, 0.5) is 0 Å². The second kappa shape index (κ2) is 6.07. The van der Waals surface area contributed by atoms with Crippen molar-refractivity contribution in [2.75, 3.05) is 0 Å². The fraction of sp³-hybridized carbons (Fsp3) is 0.571. The lowest BCUT2D eigenvalue weighted by Gasteiger charge is -2.21. The van der Waals surface area contributed by atoms with Gasteiger partial charge in [0.15, 0.2) is 0 Å². The molecule has 1 atom stereocenters. The zero-order chi connectivity index (χ0) is 15.6. The van der Waals surface area contributed by atoms with Crippen molar-refractivity contribution in [3.8, 4) is 0 Å². The van der Waals surface area contributed by atoms with E-state index in [-0.39, 0.29) is 17.9 Å². The molecule has 2 N–H and O–H groups in total. The van der Waals surface area contributed by atoms with E-state index in [9.17, 15) is 4.79 Å². The van der Waals surface area contributed by atoms with Gasteiger partial charge in [0.2, 0.25) is 5.91 Å². The van der Waals surface area contributed by atoms with Gasteiger partial charge in [0, 0.05) is 18.3 Å². The molecule has 7 nitrogen and oxygen atoms in total. The maximum atomic E-state index is 12.3. The van der Waals surface area contributed by atoms with E-state index in [2.05, 4.69) is 25.6 Å². The quantitative estimate of drug-likeness (QED) is 0.866. The van der Waals surface area contributed by atoms with Crippen molar-refractivity contribution in [2.45, 2.75) is 40.2 Å². The van der Waals surface area contributed by atoms with Crippen molar-refractivity contribution < 1.29 is 4.79 Å². The van der Waals surface area contributed by atoms with Gasteiger partial charge in [0.25, 0.3) is 0 Å². The molecule has 2 heterocycles. The van der Waals surface area contributed by atoms with E-state index in [1.54, 1.807) is 4.68 Å². The highest BCUT2D eigenvalue weighted by Crippen LogP contribution is 2.19. The van der Waals surface area contributed by atoms with Crippen molar-refractivity contribution in [1.82, 2.24) is 30.3 Å². The normalized spacial score (nSPS) is 12.7. The van der Waals surface area contributed by atoms with Gasteiger partial charge < -0.3 is 5.32 Å². The SMILES string of the molecule is Cc1n[nH]c(C)c1CC(=O)N[C@H](c1ncnn1C)C(C)C. The molecule has 0 fully saturated rings. The lowest BCUT2D eigenvalue weighted by Crippen LogP contribution is -2.34. The van der Waals surface area contributed by atoms with E-state index in [1.165, 1.54) is 6.33 Å². The number of H-pyrrole nitrogens is 1. The van der Waals surface area contributed by atoms with Crippen LogP contribution in [-0.4, -0.2) is 30.9 Å². The van der Waals surface area contributed by atoms with Gasteiger partial charge in [-0.3, -0.25) is 14.6 Å². The molecule has 2 aromatic rings. The molecule has 0 unspecified atom stereocenters. The van der Waals surface area contributed by atoms with Gasteiger partial charge in [0.1, 0.15) is 12.2 Å². The van der Waals surface area contributed by atoms with Crippen LogP contribution < -0.4 is 5.32 Å². The second-order valence-corrected chi connectivity index (χ2v) is 5.62. The van der Waals surface area contributed by atoms with Crippen molar-refractivity contribution in [2.24, 2.45) is 13.0 Å². The van der Waals surface area contributed by atoms with Gasteiger partial charge >= 0.3 is 0 Å². The Bertz CT molecular complexity index is 608. The van der Waals surface area contributed by atoms with Crippen LogP contribution in [0, 0.1) is 19.8 Å². The maximum absolute atomic E-state index is 12.3. The molecule has 0 saturated carbocycles. The second-order valence-electron chi connectivity index (χ2n) is 5.62. The van der Waals surface area contributed by atoms with Gasteiger partial charge in [-0.15, -0.1) is 0 Å². The molecule has 1 amide bonds. The molecule has 0 saturated heterocycles. The minimum absolute atomic E-state index is 0.0377. The first kappa shape index (κ1) is 15.2. The summed E-state index contributed by atoms with van der Waals surface area (Å²) in [5.41, 5.74) is 2.75. The fourth-order valence-corrected chi connectivity index (χ4v) is 2.34. The van der Waals surface area contributed by atoms with E-state index in [0.717, 1.165) is 22.8 Å². The minimum Gasteiger partial charge on any atom is -0.346 e. The lowest BCUT2D eigenvalue weighted by molar-refractivity contribution is -0.121. The number of nitrogens with zero attached hydrogens (tertiary/aromatic N) is 4. The number of hydrogen-bond acceptors (Lipinski definition) is 4. The van der Waals surface area contributed by atoms with Crippen LogP contribution in [0.5, 0.6) is 0 Å². The molecule has 0 radical (unpaired) electrons. The van der Waals surface area contributed by atoms with Gasteiger partial charge in [-0.1, -0.05) is 13.8 Å². The van der Waals surface area contributed by atoms with Gasteiger partial charge in [-0.25, -0.2) is 4.98 Å². The van der Waals surface area contributed by atoms with Crippen LogP contribution in [0.2, 0.25) is 0 Å². The zero-order valence-electron chi connectivity index (χ0n) is 13.1. The Morgan fingerprint density at radius 1 is 1.43 bits per heavy atom. The van der Waals surface area contributed by atoms with Crippen LogP contribution in [0.25, 0.3) is 0 Å².